The van der Waals surface area contributed by atoms with E-state index in [1.165, 1.54) is 5.56 Å². The second kappa shape index (κ2) is 6.76. The van der Waals surface area contributed by atoms with E-state index in [0.29, 0.717) is 0 Å². The maximum atomic E-state index is 4.29. The van der Waals surface area contributed by atoms with Gasteiger partial charge in [-0.3, -0.25) is 9.97 Å². The van der Waals surface area contributed by atoms with Gasteiger partial charge in [0.2, 0.25) is 0 Å². The van der Waals surface area contributed by atoms with Crippen molar-refractivity contribution in [3.8, 4) is 0 Å². The Kier molecular flexibility index (Phi) is 4.67. The zero-order chi connectivity index (χ0) is 11.8. The standard InChI is InChI=1S/C14H17N3/c1-2-8-17-14(3-1)7-12-16-11-6-13-4-9-15-10-5-13/h1-5,8-10,16H,6-7,11-12H2. The van der Waals surface area contributed by atoms with Crippen molar-refractivity contribution >= 4 is 0 Å². The molecule has 17 heavy (non-hydrogen) atoms. The molecule has 2 aromatic rings. The van der Waals surface area contributed by atoms with E-state index < -0.39 is 0 Å². The largest absolute Gasteiger partial charge is 0.316 e. The minimum atomic E-state index is 0.974. The number of rotatable bonds is 6. The lowest BCUT2D eigenvalue weighted by Gasteiger charge is -2.04. The normalized spacial score (nSPS) is 10.4. The molecule has 2 rings (SSSR count). The SMILES string of the molecule is c1ccc(CCNCCc2ccncc2)nc1. The minimum absolute atomic E-state index is 0.974. The average Bonchev–Trinajstić information content (AvgIpc) is 2.41. The molecular weight excluding hydrogens is 210 g/mol. The van der Waals surface area contributed by atoms with Gasteiger partial charge in [0.25, 0.3) is 0 Å². The first-order chi connectivity index (χ1) is 8.45. The van der Waals surface area contributed by atoms with Crippen molar-refractivity contribution in [2.24, 2.45) is 0 Å². The van der Waals surface area contributed by atoms with Gasteiger partial charge in [-0.05, 0) is 42.8 Å². The molecule has 0 aliphatic carbocycles. The van der Waals surface area contributed by atoms with Gasteiger partial charge >= 0.3 is 0 Å². The smallest absolute Gasteiger partial charge is 0.0416 e. The van der Waals surface area contributed by atoms with Gasteiger partial charge in [0, 0.05) is 37.3 Å². The molecule has 0 spiro atoms. The molecule has 0 bridgehead atoms. The van der Waals surface area contributed by atoms with Gasteiger partial charge in [-0.2, -0.15) is 0 Å². The van der Waals surface area contributed by atoms with Crippen LogP contribution in [0.15, 0.2) is 48.9 Å². The van der Waals surface area contributed by atoms with E-state index in [1.807, 2.05) is 30.7 Å². The maximum Gasteiger partial charge on any atom is 0.0416 e. The van der Waals surface area contributed by atoms with Crippen LogP contribution in [0.3, 0.4) is 0 Å². The summed E-state index contributed by atoms with van der Waals surface area (Å²) in [7, 11) is 0. The fourth-order valence-corrected chi connectivity index (χ4v) is 1.67. The molecule has 0 fully saturated rings. The van der Waals surface area contributed by atoms with E-state index in [4.69, 9.17) is 0 Å². The van der Waals surface area contributed by atoms with Crippen LogP contribution in [-0.4, -0.2) is 23.1 Å². The fourth-order valence-electron chi connectivity index (χ4n) is 1.67. The highest BCUT2D eigenvalue weighted by atomic mass is 14.8. The highest BCUT2D eigenvalue weighted by molar-refractivity contribution is 5.09. The number of nitrogens with zero attached hydrogens (tertiary/aromatic N) is 2. The molecule has 0 aliphatic rings. The Balaban J connectivity index is 1.61. The van der Waals surface area contributed by atoms with Gasteiger partial charge in [-0.25, -0.2) is 0 Å². The molecule has 0 amide bonds. The third-order valence-electron chi connectivity index (χ3n) is 2.62. The molecule has 0 aromatic carbocycles. The van der Waals surface area contributed by atoms with E-state index in [9.17, 15) is 0 Å². The predicted octanol–water partition coefficient (Wildman–Crippen LogP) is 1.85. The summed E-state index contributed by atoms with van der Waals surface area (Å²) in [5.74, 6) is 0. The second-order valence-electron chi connectivity index (χ2n) is 3.93. The van der Waals surface area contributed by atoms with Gasteiger partial charge in [-0.15, -0.1) is 0 Å². The average molecular weight is 227 g/mol. The molecule has 0 radical (unpaired) electrons. The van der Waals surface area contributed by atoms with Crippen LogP contribution in [0.1, 0.15) is 11.3 Å². The summed E-state index contributed by atoms with van der Waals surface area (Å²) in [6.45, 7) is 1.97. The van der Waals surface area contributed by atoms with Crippen LogP contribution in [0.5, 0.6) is 0 Å². The van der Waals surface area contributed by atoms with Crippen molar-refractivity contribution in [3.05, 3.63) is 60.2 Å². The Hall–Kier alpha value is -1.74. The van der Waals surface area contributed by atoms with Crippen LogP contribution < -0.4 is 5.32 Å². The zero-order valence-electron chi connectivity index (χ0n) is 9.84. The van der Waals surface area contributed by atoms with E-state index in [-0.39, 0.29) is 0 Å². The van der Waals surface area contributed by atoms with Crippen LogP contribution in [0.2, 0.25) is 0 Å². The van der Waals surface area contributed by atoms with Crippen molar-refractivity contribution in [2.45, 2.75) is 12.8 Å². The van der Waals surface area contributed by atoms with Gasteiger partial charge in [0.1, 0.15) is 0 Å². The molecule has 2 heterocycles. The van der Waals surface area contributed by atoms with Crippen molar-refractivity contribution in [1.82, 2.24) is 15.3 Å². The summed E-state index contributed by atoms with van der Waals surface area (Å²) in [5, 5.41) is 3.42. The molecule has 1 N–H and O–H groups in total. The van der Waals surface area contributed by atoms with Gasteiger partial charge in [-0.1, -0.05) is 6.07 Å². The Bertz CT molecular complexity index is 372. The van der Waals surface area contributed by atoms with Crippen LogP contribution in [0, 0.1) is 0 Å². The molecule has 2 aromatic heterocycles. The van der Waals surface area contributed by atoms with Gasteiger partial charge in [0.05, 0.1) is 0 Å². The topological polar surface area (TPSA) is 37.8 Å². The van der Waals surface area contributed by atoms with Crippen molar-refractivity contribution < 1.29 is 0 Å². The number of hydrogen-bond donors (Lipinski definition) is 1. The summed E-state index contributed by atoms with van der Waals surface area (Å²) < 4.78 is 0. The van der Waals surface area contributed by atoms with Gasteiger partial charge in [0.15, 0.2) is 0 Å². The summed E-state index contributed by atoms with van der Waals surface area (Å²) in [6, 6.07) is 10.1. The Labute approximate surface area is 102 Å². The first-order valence-corrected chi connectivity index (χ1v) is 5.95. The maximum absolute atomic E-state index is 4.29. The summed E-state index contributed by atoms with van der Waals surface area (Å²) in [6.07, 6.45) is 7.54. The summed E-state index contributed by atoms with van der Waals surface area (Å²) >= 11 is 0. The molecule has 0 unspecified atom stereocenters. The lowest BCUT2D eigenvalue weighted by molar-refractivity contribution is 0.675. The third-order valence-corrected chi connectivity index (χ3v) is 2.62. The lowest BCUT2D eigenvalue weighted by Crippen LogP contribution is -2.20. The molecule has 0 atom stereocenters. The van der Waals surface area contributed by atoms with Crippen LogP contribution in [0.4, 0.5) is 0 Å². The molecule has 0 saturated heterocycles. The zero-order valence-corrected chi connectivity index (χ0v) is 9.84. The predicted molar refractivity (Wildman–Crippen MR) is 68.8 cm³/mol. The molecule has 88 valence electrons. The number of hydrogen-bond acceptors (Lipinski definition) is 3. The lowest BCUT2D eigenvalue weighted by atomic mass is 10.2. The summed E-state index contributed by atoms with van der Waals surface area (Å²) in [4.78, 5) is 8.29. The molecule has 0 saturated carbocycles. The van der Waals surface area contributed by atoms with Crippen LogP contribution >= 0.6 is 0 Å². The van der Waals surface area contributed by atoms with Crippen molar-refractivity contribution in [2.75, 3.05) is 13.1 Å². The minimum Gasteiger partial charge on any atom is -0.316 e. The monoisotopic (exact) mass is 227 g/mol. The first-order valence-electron chi connectivity index (χ1n) is 5.95. The van der Waals surface area contributed by atoms with Crippen molar-refractivity contribution in [1.29, 1.82) is 0 Å². The first kappa shape index (κ1) is 11.7. The second-order valence-corrected chi connectivity index (χ2v) is 3.93. The Morgan fingerprint density at radius 2 is 1.71 bits per heavy atom. The quantitative estimate of drug-likeness (QED) is 0.765. The van der Waals surface area contributed by atoms with E-state index in [1.54, 1.807) is 0 Å². The highest BCUT2D eigenvalue weighted by Crippen LogP contribution is 1.96. The van der Waals surface area contributed by atoms with E-state index in [0.717, 1.165) is 31.6 Å². The number of nitrogens with one attached hydrogen (secondary N) is 1. The summed E-state index contributed by atoms with van der Waals surface area (Å²) in [5.41, 5.74) is 2.47. The van der Waals surface area contributed by atoms with Crippen LogP contribution in [-0.2, 0) is 12.8 Å². The Morgan fingerprint density at radius 3 is 2.47 bits per heavy atom. The third kappa shape index (κ3) is 4.33. The molecule has 0 aliphatic heterocycles. The van der Waals surface area contributed by atoms with Gasteiger partial charge < -0.3 is 5.32 Å². The molecule has 3 heteroatoms. The number of pyridine rings is 2. The molecular formula is C14H17N3. The highest BCUT2D eigenvalue weighted by Gasteiger charge is 1.94. The van der Waals surface area contributed by atoms with Crippen LogP contribution in [0.25, 0.3) is 0 Å². The van der Waals surface area contributed by atoms with Crippen molar-refractivity contribution in [3.63, 3.8) is 0 Å². The van der Waals surface area contributed by atoms with E-state index in [2.05, 4.69) is 33.5 Å². The van der Waals surface area contributed by atoms with E-state index >= 15 is 0 Å². The number of aromatic nitrogens is 2. The fraction of sp³-hybridized carbons (Fsp3) is 0.286. The Morgan fingerprint density at radius 1 is 0.882 bits per heavy atom. The molecule has 3 nitrogen and oxygen atoms in total.